The van der Waals surface area contributed by atoms with E-state index in [1.54, 1.807) is 4.90 Å². The van der Waals surface area contributed by atoms with Crippen molar-refractivity contribution in [3.05, 3.63) is 63.1 Å². The van der Waals surface area contributed by atoms with Crippen LogP contribution in [0.2, 0.25) is 0 Å². The number of carbonyl (C=O) groups is 2. The lowest BCUT2D eigenvalue weighted by molar-refractivity contribution is -0.143. The topological polar surface area (TPSA) is 71.4 Å². The molecule has 12 heteroatoms. The summed E-state index contributed by atoms with van der Waals surface area (Å²) in [5, 5.41) is 2.06. The van der Waals surface area contributed by atoms with Crippen LogP contribution in [0.5, 0.6) is 0 Å². The van der Waals surface area contributed by atoms with Gasteiger partial charge >= 0.3 is 12.4 Å². The second kappa shape index (κ2) is 9.51. The second-order valence-electron chi connectivity index (χ2n) is 8.01. The van der Waals surface area contributed by atoms with Gasteiger partial charge in [0, 0.05) is 31.9 Å². The number of anilines is 1. The van der Waals surface area contributed by atoms with E-state index >= 15 is 0 Å². The fraction of sp³-hybridized carbons (Fsp3) is 0.409. The third-order valence-electron chi connectivity index (χ3n) is 5.42. The van der Waals surface area contributed by atoms with Gasteiger partial charge in [0.15, 0.2) is 0 Å². The van der Waals surface area contributed by atoms with E-state index in [2.05, 4.69) is 5.32 Å². The molecular weight excluding hydrogens is 468 g/mol. The predicted octanol–water partition coefficient (Wildman–Crippen LogP) is 4.69. The fourth-order valence-corrected chi connectivity index (χ4v) is 3.66. The quantitative estimate of drug-likeness (QED) is 0.636. The van der Waals surface area contributed by atoms with Crippen molar-refractivity contribution >= 4 is 17.5 Å². The van der Waals surface area contributed by atoms with Gasteiger partial charge in [0.05, 0.1) is 16.7 Å². The van der Waals surface area contributed by atoms with Crippen molar-refractivity contribution in [2.75, 3.05) is 18.4 Å². The zero-order valence-electron chi connectivity index (χ0n) is 18.0. The Labute approximate surface area is 190 Å². The maximum atomic E-state index is 13.1. The Morgan fingerprint density at radius 3 is 1.85 bits per heavy atom. The summed E-state index contributed by atoms with van der Waals surface area (Å²) in [7, 11) is 1.31. The zero-order valence-corrected chi connectivity index (χ0v) is 18.0. The molecule has 0 radical (unpaired) electrons. The van der Waals surface area contributed by atoms with Crippen LogP contribution in [0.3, 0.4) is 0 Å². The molecule has 1 saturated heterocycles. The SMILES string of the molecule is Cn1cc(C(=O)N2CCCCCC2)cc(NC(=O)c2cc(C(F)(F)F)cc(C(F)(F)F)c2)c1=O. The van der Waals surface area contributed by atoms with Gasteiger partial charge in [-0.3, -0.25) is 14.4 Å². The Kier molecular flexibility index (Phi) is 7.08. The smallest absolute Gasteiger partial charge is 0.339 e. The van der Waals surface area contributed by atoms with Gasteiger partial charge in [-0.2, -0.15) is 26.3 Å². The van der Waals surface area contributed by atoms with Crippen molar-refractivity contribution in [2.24, 2.45) is 7.05 Å². The van der Waals surface area contributed by atoms with Crippen molar-refractivity contribution in [3.63, 3.8) is 0 Å². The van der Waals surface area contributed by atoms with Gasteiger partial charge in [-0.05, 0) is 37.1 Å². The van der Waals surface area contributed by atoms with Gasteiger partial charge in [0.25, 0.3) is 17.4 Å². The first-order valence-electron chi connectivity index (χ1n) is 10.4. The number of rotatable bonds is 3. The lowest BCUT2D eigenvalue weighted by Crippen LogP contribution is -2.33. The summed E-state index contributed by atoms with van der Waals surface area (Å²) < 4.78 is 79.6. The van der Waals surface area contributed by atoms with Crippen molar-refractivity contribution in [1.82, 2.24) is 9.47 Å². The molecule has 2 aromatic rings. The number of carbonyl (C=O) groups excluding carboxylic acids is 2. The number of nitrogens with one attached hydrogen (secondary N) is 1. The van der Waals surface area contributed by atoms with E-state index in [0.29, 0.717) is 13.1 Å². The number of halogens is 6. The van der Waals surface area contributed by atoms with E-state index < -0.39 is 52.1 Å². The van der Waals surface area contributed by atoms with Crippen molar-refractivity contribution < 1.29 is 35.9 Å². The van der Waals surface area contributed by atoms with Crippen LogP contribution in [0.4, 0.5) is 32.0 Å². The molecule has 2 amide bonds. The highest BCUT2D eigenvalue weighted by Gasteiger charge is 2.37. The average Bonchev–Trinajstić information content (AvgIpc) is 3.04. The molecule has 0 atom stereocenters. The summed E-state index contributed by atoms with van der Waals surface area (Å²) >= 11 is 0. The summed E-state index contributed by atoms with van der Waals surface area (Å²) in [4.78, 5) is 39.5. The van der Waals surface area contributed by atoms with Crippen molar-refractivity contribution in [2.45, 2.75) is 38.0 Å². The molecule has 1 aliphatic heterocycles. The number of alkyl halides is 6. The van der Waals surface area contributed by atoms with E-state index in [1.807, 2.05) is 0 Å². The molecule has 34 heavy (non-hydrogen) atoms. The van der Waals surface area contributed by atoms with Crippen LogP contribution in [0, 0.1) is 0 Å². The van der Waals surface area contributed by atoms with Crippen LogP contribution >= 0.6 is 0 Å². The number of hydrogen-bond donors (Lipinski definition) is 1. The molecule has 1 aromatic heterocycles. The molecule has 0 unspecified atom stereocenters. The molecule has 1 aliphatic rings. The molecule has 1 aromatic carbocycles. The molecule has 184 valence electrons. The Hall–Kier alpha value is -3.31. The Morgan fingerprint density at radius 1 is 0.824 bits per heavy atom. The van der Waals surface area contributed by atoms with Crippen LogP contribution in [0.1, 0.15) is 57.5 Å². The normalized spacial score (nSPS) is 15.1. The second-order valence-corrected chi connectivity index (χ2v) is 8.01. The van der Waals surface area contributed by atoms with Gasteiger partial charge < -0.3 is 14.8 Å². The van der Waals surface area contributed by atoms with Gasteiger partial charge in [-0.15, -0.1) is 0 Å². The first kappa shape index (κ1) is 25.3. The molecule has 0 saturated carbocycles. The average molecular weight is 489 g/mol. The lowest BCUT2D eigenvalue weighted by Gasteiger charge is -2.21. The number of pyridine rings is 1. The fourth-order valence-electron chi connectivity index (χ4n) is 3.66. The summed E-state index contributed by atoms with van der Waals surface area (Å²) in [5.74, 6) is -1.75. The maximum absolute atomic E-state index is 13.1. The van der Waals surface area contributed by atoms with Crippen molar-refractivity contribution in [3.8, 4) is 0 Å². The first-order valence-corrected chi connectivity index (χ1v) is 10.4. The van der Waals surface area contributed by atoms with E-state index in [-0.39, 0.29) is 23.8 Å². The molecule has 0 spiro atoms. The molecule has 0 aliphatic carbocycles. The maximum Gasteiger partial charge on any atom is 0.416 e. The predicted molar refractivity (Wildman–Crippen MR) is 110 cm³/mol. The summed E-state index contributed by atoms with van der Waals surface area (Å²) in [6, 6.07) is 1.50. The lowest BCUT2D eigenvalue weighted by atomic mass is 10.0. The number of hydrogen-bond acceptors (Lipinski definition) is 3. The van der Waals surface area contributed by atoms with Gasteiger partial charge in [-0.25, -0.2) is 0 Å². The Balaban J connectivity index is 1.96. The molecule has 3 rings (SSSR count). The summed E-state index contributed by atoms with van der Waals surface area (Å²) in [6.45, 7) is 1.02. The van der Waals surface area contributed by atoms with Gasteiger partial charge in [0.1, 0.15) is 5.69 Å². The third kappa shape index (κ3) is 5.78. The van der Waals surface area contributed by atoms with Crippen molar-refractivity contribution in [1.29, 1.82) is 0 Å². The largest absolute Gasteiger partial charge is 0.416 e. The van der Waals surface area contributed by atoms with Crippen LogP contribution in [0.15, 0.2) is 35.3 Å². The van der Waals surface area contributed by atoms with Crippen LogP contribution in [-0.4, -0.2) is 34.4 Å². The summed E-state index contributed by atoms with van der Waals surface area (Å²) in [5.41, 5.74) is -5.44. The number of aryl methyl sites for hydroxylation is 1. The van der Waals surface area contributed by atoms with E-state index in [4.69, 9.17) is 0 Å². The van der Waals surface area contributed by atoms with Gasteiger partial charge in [-0.1, -0.05) is 12.8 Å². The highest BCUT2D eigenvalue weighted by atomic mass is 19.4. The molecule has 1 N–H and O–H groups in total. The van der Waals surface area contributed by atoms with E-state index in [1.165, 1.54) is 13.2 Å². The third-order valence-corrected chi connectivity index (χ3v) is 5.42. The Morgan fingerprint density at radius 2 is 1.35 bits per heavy atom. The van der Waals surface area contributed by atoms with Crippen LogP contribution in [-0.2, 0) is 19.4 Å². The number of likely N-dealkylation sites (tertiary alicyclic amines) is 1. The first-order chi connectivity index (χ1) is 15.8. The highest BCUT2D eigenvalue weighted by molar-refractivity contribution is 6.05. The minimum atomic E-state index is -5.13. The van der Waals surface area contributed by atoms with Gasteiger partial charge in [0.2, 0.25) is 0 Å². The molecule has 2 heterocycles. The van der Waals surface area contributed by atoms with Crippen LogP contribution < -0.4 is 10.9 Å². The van der Waals surface area contributed by atoms with E-state index in [9.17, 15) is 40.7 Å². The summed E-state index contributed by atoms with van der Waals surface area (Å²) in [6.07, 6.45) is -5.46. The minimum absolute atomic E-state index is 0.0549. The van der Waals surface area contributed by atoms with Crippen LogP contribution in [0.25, 0.3) is 0 Å². The molecular formula is C22H21F6N3O3. The number of aromatic nitrogens is 1. The van der Waals surface area contributed by atoms with E-state index in [0.717, 1.165) is 36.3 Å². The zero-order chi connectivity index (χ0) is 25.3. The molecule has 0 bridgehead atoms. The molecule has 6 nitrogen and oxygen atoms in total. The minimum Gasteiger partial charge on any atom is -0.339 e. The Bertz CT molecular complexity index is 1110. The number of benzene rings is 1. The number of nitrogens with zero attached hydrogens (tertiary/aromatic N) is 2. The standard InChI is InChI=1S/C22H21F6N3O3/c1-30-12-14(19(33)31-6-4-2-3-5-7-31)10-17(20(30)34)29-18(32)13-8-15(21(23,24)25)11-16(9-13)22(26,27)28/h8-12H,2-7H2,1H3,(H,29,32). The number of amides is 2. The molecule has 1 fully saturated rings. The monoisotopic (exact) mass is 489 g/mol. The highest BCUT2D eigenvalue weighted by Crippen LogP contribution is 2.36.